The average molecular weight is 1780 g/mol. The van der Waals surface area contributed by atoms with E-state index in [1.165, 1.54) is 23.1 Å². The molecule has 1 unspecified atom stereocenters. The van der Waals surface area contributed by atoms with Crippen molar-refractivity contribution in [2.45, 2.75) is 279 Å². The molecule has 0 saturated carbocycles. The molecule has 33 heteroatoms. The minimum Gasteiger partial charge on any atom is -0.444 e. The molecule has 4 saturated heterocycles. The SMILES string of the molecule is CC(C)(C)OC(=O)N1CC=C(B2OC(C)(C)C(C)(C)O2)CC1.CC(C)(C)OC(=O)N1CC=C(C2CC(C(F)(F)F)=CC=C2B2OC(C)(C)C(C)(C)O2)CC1.CC(C)(C)OC(=O)N1CC=C(c2cc(C(F)(F)F)ccc2Br)CC1.CC1(C)OB(B2OC(C)(C)C(C)(C)O2)OC1(C)C.FC(F)(F)c1ccc(Br)c(I)c1. The third-order valence-electron chi connectivity index (χ3n) is 20.5. The van der Waals surface area contributed by atoms with Gasteiger partial charge in [-0.1, -0.05) is 51.9 Å². The minimum absolute atomic E-state index is 0.169. The van der Waals surface area contributed by atoms with Gasteiger partial charge in [-0.15, -0.1) is 0 Å². The lowest BCUT2D eigenvalue weighted by molar-refractivity contribution is -0.138. The zero-order valence-electron chi connectivity index (χ0n) is 66.9. The Labute approximate surface area is 664 Å². The summed E-state index contributed by atoms with van der Waals surface area (Å²) in [4.78, 5) is 41.3. The molecule has 17 nitrogen and oxygen atoms in total. The van der Waals surface area contributed by atoms with Gasteiger partial charge in [-0.05, 0) is 296 Å². The van der Waals surface area contributed by atoms with Gasteiger partial charge in [0.05, 0.1) is 55.9 Å². The van der Waals surface area contributed by atoms with Crippen LogP contribution in [0.5, 0.6) is 0 Å². The first kappa shape index (κ1) is 92.8. The van der Waals surface area contributed by atoms with Gasteiger partial charge in [0.1, 0.15) is 16.8 Å². The molecule has 10 rings (SSSR count). The molecule has 108 heavy (non-hydrogen) atoms. The molecule has 0 bridgehead atoms. The van der Waals surface area contributed by atoms with Crippen molar-refractivity contribution in [3.05, 3.63) is 118 Å². The van der Waals surface area contributed by atoms with Crippen molar-refractivity contribution < 1.29 is 105 Å². The summed E-state index contributed by atoms with van der Waals surface area (Å²) in [6, 6.07) is 7.13. The summed E-state index contributed by atoms with van der Waals surface area (Å²) in [6.07, 6.45) is -4.35. The zero-order valence-corrected chi connectivity index (χ0v) is 72.2. The number of hydrogen-bond donors (Lipinski definition) is 0. The quantitative estimate of drug-likeness (QED) is 0.0913. The molecule has 602 valence electrons. The largest absolute Gasteiger partial charge is 0.491 e. The number of amides is 3. The maximum absolute atomic E-state index is 13.5. The van der Waals surface area contributed by atoms with Crippen LogP contribution in [0.15, 0.2) is 97.8 Å². The van der Waals surface area contributed by atoms with Crippen LogP contribution in [0.25, 0.3) is 5.57 Å². The van der Waals surface area contributed by atoms with E-state index in [-0.39, 0.29) is 53.2 Å². The molecule has 0 radical (unpaired) electrons. The first-order chi connectivity index (χ1) is 48.7. The molecule has 1 aliphatic carbocycles. The molecule has 7 aliphatic heterocycles. The van der Waals surface area contributed by atoms with E-state index in [4.69, 9.17) is 51.4 Å². The lowest BCUT2D eigenvalue weighted by Crippen LogP contribution is -2.41. The van der Waals surface area contributed by atoms with E-state index < -0.39 is 102 Å². The van der Waals surface area contributed by atoms with Crippen molar-refractivity contribution in [3.63, 3.8) is 0 Å². The number of allylic oxidation sites excluding steroid dienone is 4. The van der Waals surface area contributed by atoms with Crippen molar-refractivity contribution in [1.29, 1.82) is 0 Å². The predicted octanol–water partition coefficient (Wildman–Crippen LogP) is 20.6. The average Bonchev–Trinajstić information content (AvgIpc) is 1.59. The van der Waals surface area contributed by atoms with E-state index in [1.807, 2.05) is 166 Å². The summed E-state index contributed by atoms with van der Waals surface area (Å²) in [6.45, 7) is 51.0. The van der Waals surface area contributed by atoms with E-state index in [0.29, 0.717) is 75.7 Å². The van der Waals surface area contributed by atoms with E-state index in [1.54, 1.807) is 57.4 Å². The normalized spacial score (nSPS) is 22.8. The topological polar surface area (TPSA) is 162 Å². The Morgan fingerprint density at radius 2 is 0.806 bits per heavy atom. The summed E-state index contributed by atoms with van der Waals surface area (Å²) in [5.74, 6) is -0.493. The van der Waals surface area contributed by atoms with Crippen LogP contribution in [0, 0.1) is 9.49 Å². The maximum atomic E-state index is 13.5. The van der Waals surface area contributed by atoms with Gasteiger partial charge in [0.15, 0.2) is 0 Å². The fraction of sp³-hybridized carbons (Fsp3) is 0.667. The van der Waals surface area contributed by atoms with Crippen LogP contribution in [0.2, 0.25) is 0 Å². The number of rotatable bonds is 5. The Hall–Kier alpha value is -4.05. The first-order valence-electron chi connectivity index (χ1n) is 36.0. The Morgan fingerprint density at radius 3 is 1.14 bits per heavy atom. The smallest absolute Gasteiger partial charge is 0.444 e. The highest BCUT2D eigenvalue weighted by Gasteiger charge is 2.64. The van der Waals surface area contributed by atoms with E-state index in [2.05, 4.69) is 31.9 Å². The third kappa shape index (κ3) is 24.5. The molecule has 0 spiro atoms. The maximum Gasteiger partial charge on any atom is 0.491 e. The van der Waals surface area contributed by atoms with Crippen molar-refractivity contribution in [2.24, 2.45) is 5.92 Å². The number of hydrogen-bond acceptors (Lipinski definition) is 14. The van der Waals surface area contributed by atoms with Crippen molar-refractivity contribution in [1.82, 2.24) is 14.7 Å². The first-order valence-corrected chi connectivity index (χ1v) is 38.6. The lowest BCUT2D eigenvalue weighted by atomic mass is 9.49. The van der Waals surface area contributed by atoms with Gasteiger partial charge in [-0.2, -0.15) is 39.5 Å². The molecular weight excluding hydrogens is 1670 g/mol. The fourth-order valence-electron chi connectivity index (χ4n) is 11.4. The number of nitrogens with zero attached hydrogens (tertiary/aromatic N) is 3. The number of ether oxygens (including phenoxy) is 3. The van der Waals surface area contributed by atoms with Crippen molar-refractivity contribution in [3.8, 4) is 0 Å². The molecule has 2 aromatic rings. The molecule has 3 amide bonds. The summed E-state index contributed by atoms with van der Waals surface area (Å²) in [7, 11) is -1.99. The summed E-state index contributed by atoms with van der Waals surface area (Å²) in [5.41, 5.74) is -2.86. The molecular formula is C75H107B4Br2F9IN3O14. The van der Waals surface area contributed by atoms with E-state index >= 15 is 0 Å². The standard InChI is InChI=1S/C23H33BF3NO4.C17H19BrF3NO2.C16H28BNO4.C12H24B2O4.C7H3BrF3I/c1-20(2,3)30-19(29)28-12-10-15(11-13-28)17-14-16(23(25,26)27)8-9-18(17)24-31-21(4,5)22(6,7)32-24;1-16(2,3)24-15(23)22-8-6-11(7-9-22)13-10-12(17(19,20)21)4-5-14(13)18;1-14(2,3)20-13(19)18-10-8-12(9-11-18)17-21-15(4,5)16(6,7)22-17;1-9(2)10(3,4)16-13(15-9)14-17-11(5,6)12(7,8)18-14;8-5-2-1-4(3-6(5)12)7(9,10)11/h8-10,17H,11-14H2,1-7H3;4-6,10H,7-9H2,1-3H3;8H,9-11H2,1-7H3;1-8H3;1-3H. The highest BCUT2D eigenvalue weighted by atomic mass is 127. The van der Waals surface area contributed by atoms with Gasteiger partial charge in [0.25, 0.3) is 0 Å². The molecule has 8 aliphatic rings. The second-order valence-corrected chi connectivity index (χ2v) is 37.5. The number of halogens is 12. The Kier molecular flexibility index (Phi) is 29.0. The predicted molar refractivity (Wildman–Crippen MR) is 417 cm³/mol. The molecule has 4 fully saturated rings. The van der Waals surface area contributed by atoms with Crippen molar-refractivity contribution in [2.75, 3.05) is 39.3 Å². The molecule has 0 aromatic heterocycles. The third-order valence-corrected chi connectivity index (χ3v) is 23.5. The molecule has 0 N–H and O–H groups in total. The number of carbonyl (C=O) groups excluding carboxylic acids is 3. The van der Waals surface area contributed by atoms with Crippen LogP contribution < -0.4 is 0 Å². The van der Waals surface area contributed by atoms with Gasteiger partial charge < -0.3 is 66.1 Å². The second kappa shape index (κ2) is 33.8. The van der Waals surface area contributed by atoms with Crippen LogP contribution in [-0.2, 0) is 63.8 Å². The van der Waals surface area contributed by atoms with Crippen LogP contribution in [-0.4, -0.2) is 168 Å². The summed E-state index contributed by atoms with van der Waals surface area (Å²) in [5, 5.41) is 0. The van der Waals surface area contributed by atoms with E-state index in [9.17, 15) is 53.9 Å². The molecule has 1 atom stereocenters. The van der Waals surface area contributed by atoms with Gasteiger partial charge in [0.2, 0.25) is 0 Å². The highest BCUT2D eigenvalue weighted by Crippen LogP contribution is 2.48. The van der Waals surface area contributed by atoms with Crippen LogP contribution in [0.1, 0.15) is 215 Å². The minimum atomic E-state index is -4.39. The lowest BCUT2D eigenvalue weighted by Gasteiger charge is -2.34. The van der Waals surface area contributed by atoms with Crippen LogP contribution in [0.3, 0.4) is 0 Å². The second-order valence-electron chi connectivity index (χ2n) is 34.7. The van der Waals surface area contributed by atoms with E-state index in [0.717, 1.165) is 53.4 Å². The molecule has 2 aromatic carbocycles. The van der Waals surface area contributed by atoms with Crippen LogP contribution >= 0.6 is 54.5 Å². The zero-order chi connectivity index (χ0) is 82.3. The highest BCUT2D eigenvalue weighted by molar-refractivity contribution is 14.1. The number of carbonyl (C=O) groups is 3. The van der Waals surface area contributed by atoms with Gasteiger partial charge >= 0.3 is 65.1 Å². The van der Waals surface area contributed by atoms with Crippen LogP contribution in [0.4, 0.5) is 53.9 Å². The number of alkyl halides is 9. The monoisotopic (exact) mass is 1770 g/mol. The summed E-state index contributed by atoms with van der Waals surface area (Å²) >= 11 is 8.27. The Morgan fingerprint density at radius 1 is 0.454 bits per heavy atom. The fourth-order valence-corrected chi connectivity index (χ4v) is 12.7. The van der Waals surface area contributed by atoms with Crippen molar-refractivity contribution >= 4 is 107 Å². The molecule has 7 heterocycles. The number of benzene rings is 2. The van der Waals surface area contributed by atoms with Gasteiger partial charge in [-0.3, -0.25) is 0 Å². The Bertz CT molecular complexity index is 3630. The summed E-state index contributed by atoms with van der Waals surface area (Å²) < 4.78 is 182. The van der Waals surface area contributed by atoms with Gasteiger partial charge in [-0.25, -0.2) is 14.4 Å². The Balaban J connectivity index is 0.000000218. The van der Waals surface area contributed by atoms with Gasteiger partial charge in [0, 0.05) is 63.3 Å².